The molecule has 0 bridgehead atoms. The topological polar surface area (TPSA) is 38.3 Å². The molecule has 0 aliphatic rings. The van der Waals surface area contributed by atoms with Gasteiger partial charge < -0.3 is 10.1 Å². The predicted molar refractivity (Wildman–Crippen MR) is 81.8 cm³/mol. The summed E-state index contributed by atoms with van der Waals surface area (Å²) in [5, 5.41) is 3.51. The molecule has 20 heavy (non-hydrogen) atoms. The maximum absolute atomic E-state index is 12.1. The lowest BCUT2D eigenvalue weighted by molar-refractivity contribution is -0.128. The fraction of sp³-hybridized carbons (Fsp3) is 0.438. The third-order valence-electron chi connectivity index (χ3n) is 3.34. The van der Waals surface area contributed by atoms with Gasteiger partial charge in [0.25, 0.3) is 5.91 Å². The van der Waals surface area contributed by atoms with E-state index in [4.69, 9.17) is 22.8 Å². The van der Waals surface area contributed by atoms with Gasteiger partial charge in [0.2, 0.25) is 0 Å². The van der Waals surface area contributed by atoms with E-state index in [2.05, 4.69) is 11.2 Å². The second kappa shape index (κ2) is 7.21. The zero-order valence-electron chi connectivity index (χ0n) is 12.1. The number of hydrogen-bond donors (Lipinski definition) is 1. The molecule has 0 spiro atoms. The minimum atomic E-state index is -0.623. The van der Waals surface area contributed by atoms with E-state index in [1.165, 1.54) is 0 Å². The van der Waals surface area contributed by atoms with Crippen LogP contribution in [0.15, 0.2) is 24.3 Å². The monoisotopic (exact) mass is 293 g/mol. The number of carbonyl (C=O) groups excluding carboxylic acids is 1. The second-order valence-corrected chi connectivity index (χ2v) is 5.07. The van der Waals surface area contributed by atoms with Crippen molar-refractivity contribution in [3.63, 3.8) is 0 Å². The molecule has 3 nitrogen and oxygen atoms in total. The molecule has 0 aromatic heterocycles. The Balaban J connectivity index is 2.68. The van der Waals surface area contributed by atoms with Gasteiger partial charge in [-0.3, -0.25) is 4.79 Å². The van der Waals surface area contributed by atoms with Crippen molar-refractivity contribution in [3.8, 4) is 18.1 Å². The Bertz CT molecular complexity index is 486. The highest BCUT2D eigenvalue weighted by molar-refractivity contribution is 6.30. The van der Waals surface area contributed by atoms with Crippen LogP contribution in [0.1, 0.15) is 33.6 Å². The zero-order valence-corrected chi connectivity index (χ0v) is 12.8. The first-order valence-electron chi connectivity index (χ1n) is 6.68. The molecule has 1 atom stereocenters. The van der Waals surface area contributed by atoms with Crippen LogP contribution in [0.3, 0.4) is 0 Å². The van der Waals surface area contributed by atoms with Crippen molar-refractivity contribution in [2.24, 2.45) is 0 Å². The average molecular weight is 294 g/mol. The molecule has 1 amide bonds. The van der Waals surface area contributed by atoms with E-state index in [-0.39, 0.29) is 5.91 Å². The summed E-state index contributed by atoms with van der Waals surface area (Å²) >= 11 is 5.80. The van der Waals surface area contributed by atoms with Crippen molar-refractivity contribution in [1.82, 2.24) is 5.32 Å². The number of hydrogen-bond acceptors (Lipinski definition) is 2. The van der Waals surface area contributed by atoms with Crippen LogP contribution in [0.5, 0.6) is 5.75 Å². The molecule has 0 unspecified atom stereocenters. The molecular formula is C16H20ClNO2. The number of rotatable bonds is 6. The minimum absolute atomic E-state index is 0.221. The fourth-order valence-corrected chi connectivity index (χ4v) is 1.90. The highest BCUT2D eigenvalue weighted by atomic mass is 35.5. The summed E-state index contributed by atoms with van der Waals surface area (Å²) in [5.74, 6) is 3.04. The largest absolute Gasteiger partial charge is 0.481 e. The molecule has 1 N–H and O–H groups in total. The lowest BCUT2D eigenvalue weighted by Gasteiger charge is -2.28. The quantitative estimate of drug-likeness (QED) is 0.816. The Morgan fingerprint density at radius 2 is 1.95 bits per heavy atom. The van der Waals surface area contributed by atoms with Gasteiger partial charge in [0, 0.05) is 5.02 Å². The van der Waals surface area contributed by atoms with Crippen LogP contribution in [-0.2, 0) is 4.79 Å². The van der Waals surface area contributed by atoms with Crippen LogP contribution in [0, 0.1) is 12.3 Å². The lowest BCUT2D eigenvalue weighted by Crippen LogP contribution is -2.50. The van der Waals surface area contributed by atoms with E-state index in [0.717, 1.165) is 0 Å². The first-order chi connectivity index (χ1) is 9.46. The average Bonchev–Trinajstić information content (AvgIpc) is 2.47. The van der Waals surface area contributed by atoms with Crippen molar-refractivity contribution < 1.29 is 9.53 Å². The van der Waals surface area contributed by atoms with Crippen molar-refractivity contribution in [3.05, 3.63) is 29.3 Å². The molecule has 1 rings (SSSR count). The summed E-state index contributed by atoms with van der Waals surface area (Å²) in [5.41, 5.74) is -0.602. The maximum Gasteiger partial charge on any atom is 0.261 e. The summed E-state index contributed by atoms with van der Waals surface area (Å²) in [7, 11) is 0. The Labute approximate surface area is 125 Å². The Kier molecular flexibility index (Phi) is 5.91. The van der Waals surface area contributed by atoms with Gasteiger partial charge in [-0.15, -0.1) is 6.42 Å². The number of ether oxygens (including phenoxy) is 1. The van der Waals surface area contributed by atoms with Crippen LogP contribution < -0.4 is 10.1 Å². The first kappa shape index (κ1) is 16.4. The van der Waals surface area contributed by atoms with E-state index in [0.29, 0.717) is 23.6 Å². The van der Waals surface area contributed by atoms with E-state index in [9.17, 15) is 4.79 Å². The summed E-state index contributed by atoms with van der Waals surface area (Å²) in [6.45, 7) is 5.60. The summed E-state index contributed by atoms with van der Waals surface area (Å²) in [6, 6.07) is 6.87. The molecule has 0 saturated carbocycles. The standard InChI is InChI=1S/C16H20ClNO2/c1-5-16(6-2,7-3)18-15(19)12(4)20-14-10-8-13(17)9-11-14/h1,8-12H,6-7H2,2-4H3,(H,18,19)/t12-/m1/s1. The van der Waals surface area contributed by atoms with E-state index in [1.54, 1.807) is 31.2 Å². The van der Waals surface area contributed by atoms with Crippen LogP contribution in [-0.4, -0.2) is 17.6 Å². The summed E-state index contributed by atoms with van der Waals surface area (Å²) in [4.78, 5) is 12.1. The zero-order chi connectivity index (χ0) is 15.2. The number of carbonyl (C=O) groups is 1. The Hall–Kier alpha value is -1.66. The van der Waals surface area contributed by atoms with Crippen LogP contribution in [0.4, 0.5) is 0 Å². The molecular weight excluding hydrogens is 274 g/mol. The molecule has 1 aromatic carbocycles. The smallest absolute Gasteiger partial charge is 0.261 e. The normalized spacial score (nSPS) is 12.3. The van der Waals surface area contributed by atoms with Crippen molar-refractivity contribution >= 4 is 17.5 Å². The van der Waals surface area contributed by atoms with Gasteiger partial charge in [-0.2, -0.15) is 0 Å². The molecule has 0 radical (unpaired) electrons. The predicted octanol–water partition coefficient (Wildman–Crippen LogP) is 3.42. The fourth-order valence-electron chi connectivity index (χ4n) is 1.78. The molecule has 0 fully saturated rings. The van der Waals surface area contributed by atoms with Crippen molar-refractivity contribution in [1.29, 1.82) is 0 Å². The van der Waals surface area contributed by atoms with Crippen molar-refractivity contribution in [2.75, 3.05) is 0 Å². The molecule has 1 aromatic rings. The van der Waals surface area contributed by atoms with Crippen LogP contribution >= 0.6 is 11.6 Å². The second-order valence-electron chi connectivity index (χ2n) is 4.64. The van der Waals surface area contributed by atoms with E-state index >= 15 is 0 Å². The molecule has 4 heteroatoms. The third kappa shape index (κ3) is 4.18. The number of amides is 1. The number of halogens is 1. The summed E-state index contributed by atoms with van der Waals surface area (Å²) < 4.78 is 5.57. The van der Waals surface area contributed by atoms with Gasteiger partial charge in [-0.05, 0) is 44.0 Å². The van der Waals surface area contributed by atoms with Crippen LogP contribution in [0.2, 0.25) is 5.02 Å². The van der Waals surface area contributed by atoms with Gasteiger partial charge in [0.05, 0.1) is 0 Å². The molecule has 0 aliphatic heterocycles. The van der Waals surface area contributed by atoms with Gasteiger partial charge in [-0.25, -0.2) is 0 Å². The van der Waals surface area contributed by atoms with Gasteiger partial charge >= 0.3 is 0 Å². The SMILES string of the molecule is C#CC(CC)(CC)NC(=O)[C@@H](C)Oc1ccc(Cl)cc1. The van der Waals surface area contributed by atoms with E-state index in [1.807, 2.05) is 13.8 Å². The summed E-state index contributed by atoms with van der Waals surface area (Å²) in [6.07, 6.45) is 6.26. The molecule has 108 valence electrons. The minimum Gasteiger partial charge on any atom is -0.481 e. The Morgan fingerprint density at radius 3 is 2.40 bits per heavy atom. The van der Waals surface area contributed by atoms with Gasteiger partial charge in [0.1, 0.15) is 11.3 Å². The lowest BCUT2D eigenvalue weighted by atomic mass is 9.93. The van der Waals surface area contributed by atoms with Crippen molar-refractivity contribution in [2.45, 2.75) is 45.3 Å². The third-order valence-corrected chi connectivity index (χ3v) is 3.59. The van der Waals surface area contributed by atoms with Crippen LogP contribution in [0.25, 0.3) is 0 Å². The highest BCUT2D eigenvalue weighted by Crippen LogP contribution is 2.18. The number of benzene rings is 1. The van der Waals surface area contributed by atoms with Gasteiger partial charge in [-0.1, -0.05) is 31.4 Å². The highest BCUT2D eigenvalue weighted by Gasteiger charge is 2.28. The molecule has 0 saturated heterocycles. The molecule has 0 heterocycles. The molecule has 0 aliphatic carbocycles. The van der Waals surface area contributed by atoms with E-state index < -0.39 is 11.6 Å². The first-order valence-corrected chi connectivity index (χ1v) is 7.06. The Morgan fingerprint density at radius 1 is 1.40 bits per heavy atom. The maximum atomic E-state index is 12.1. The van der Waals surface area contributed by atoms with Gasteiger partial charge in [0.15, 0.2) is 6.10 Å². The number of nitrogens with one attached hydrogen (secondary N) is 1. The number of terminal acetylenes is 1.